The second-order valence-electron chi connectivity index (χ2n) is 5.59. The van der Waals surface area contributed by atoms with Gasteiger partial charge >= 0.3 is 0 Å². The number of carbonyl (C=O) groups excluding carboxylic acids is 1. The van der Waals surface area contributed by atoms with Crippen molar-refractivity contribution < 1.29 is 13.6 Å². The molecule has 0 saturated heterocycles. The third kappa shape index (κ3) is 3.40. The molecule has 0 heterocycles. The molecular weight excluding hydrogens is 274 g/mol. The highest BCUT2D eigenvalue weighted by molar-refractivity contribution is 5.79. The molecule has 1 aromatic carbocycles. The van der Waals surface area contributed by atoms with E-state index in [2.05, 4.69) is 0 Å². The SMILES string of the molecule is CCN(Cc1c(F)cccc1F)C(=O)[C@@H]1CCC[C@@H]1CN. The predicted octanol–water partition coefficient (Wildman–Crippen LogP) is 2.69. The fourth-order valence-corrected chi connectivity index (χ4v) is 3.10. The quantitative estimate of drug-likeness (QED) is 0.908. The van der Waals surface area contributed by atoms with E-state index in [9.17, 15) is 13.6 Å². The van der Waals surface area contributed by atoms with E-state index in [1.54, 1.807) is 0 Å². The van der Waals surface area contributed by atoms with E-state index in [1.807, 2.05) is 6.92 Å². The van der Waals surface area contributed by atoms with Gasteiger partial charge in [0.1, 0.15) is 11.6 Å². The van der Waals surface area contributed by atoms with Gasteiger partial charge in [0.15, 0.2) is 0 Å². The first-order chi connectivity index (χ1) is 10.1. The maximum absolute atomic E-state index is 13.7. The molecule has 0 radical (unpaired) electrons. The molecule has 3 nitrogen and oxygen atoms in total. The number of hydrogen-bond donors (Lipinski definition) is 1. The van der Waals surface area contributed by atoms with Crippen molar-refractivity contribution in [2.75, 3.05) is 13.1 Å². The number of benzene rings is 1. The van der Waals surface area contributed by atoms with Crippen molar-refractivity contribution in [1.29, 1.82) is 0 Å². The van der Waals surface area contributed by atoms with Crippen molar-refractivity contribution in [2.24, 2.45) is 17.6 Å². The van der Waals surface area contributed by atoms with Crippen LogP contribution in [0.1, 0.15) is 31.7 Å². The minimum absolute atomic E-state index is 0.0262. The maximum Gasteiger partial charge on any atom is 0.226 e. The van der Waals surface area contributed by atoms with E-state index in [0.717, 1.165) is 19.3 Å². The Bertz CT molecular complexity index is 487. The second kappa shape index (κ2) is 6.98. The predicted molar refractivity (Wildman–Crippen MR) is 77.3 cm³/mol. The smallest absolute Gasteiger partial charge is 0.226 e. The third-order valence-electron chi connectivity index (χ3n) is 4.38. The summed E-state index contributed by atoms with van der Waals surface area (Å²) in [7, 11) is 0. The van der Waals surface area contributed by atoms with E-state index in [4.69, 9.17) is 5.73 Å². The van der Waals surface area contributed by atoms with Crippen molar-refractivity contribution in [1.82, 2.24) is 4.90 Å². The molecule has 0 aromatic heterocycles. The Hall–Kier alpha value is -1.49. The normalized spacial score (nSPS) is 21.5. The summed E-state index contributed by atoms with van der Waals surface area (Å²) in [5.41, 5.74) is 5.67. The molecule has 0 unspecified atom stereocenters. The summed E-state index contributed by atoms with van der Waals surface area (Å²) in [4.78, 5) is 14.1. The molecule has 0 bridgehead atoms. The monoisotopic (exact) mass is 296 g/mol. The first kappa shape index (κ1) is 15.9. The molecule has 1 saturated carbocycles. The summed E-state index contributed by atoms with van der Waals surface area (Å²) in [6.07, 6.45) is 2.76. The van der Waals surface area contributed by atoms with Crippen LogP contribution in [0.4, 0.5) is 8.78 Å². The molecule has 2 atom stereocenters. The standard InChI is InChI=1S/C16H22F2N2O/c1-2-20(10-13-14(17)7-4-8-15(13)18)16(21)12-6-3-5-11(12)9-19/h4,7-8,11-12H,2-3,5-6,9-10,19H2,1H3/t11-,12-/m1/s1. The van der Waals surface area contributed by atoms with Gasteiger partial charge in [-0.15, -0.1) is 0 Å². The van der Waals surface area contributed by atoms with Gasteiger partial charge in [-0.2, -0.15) is 0 Å². The number of hydrogen-bond acceptors (Lipinski definition) is 2. The molecule has 116 valence electrons. The molecule has 1 amide bonds. The molecule has 0 aliphatic heterocycles. The zero-order valence-electron chi connectivity index (χ0n) is 12.3. The molecule has 1 aliphatic carbocycles. The average molecular weight is 296 g/mol. The van der Waals surface area contributed by atoms with Crippen LogP contribution in [-0.2, 0) is 11.3 Å². The van der Waals surface area contributed by atoms with Gasteiger partial charge in [-0.25, -0.2) is 8.78 Å². The lowest BCUT2D eigenvalue weighted by Crippen LogP contribution is -2.39. The zero-order chi connectivity index (χ0) is 15.4. The summed E-state index contributed by atoms with van der Waals surface area (Å²) in [5, 5.41) is 0. The molecule has 1 aliphatic rings. The van der Waals surface area contributed by atoms with Crippen LogP contribution in [0.3, 0.4) is 0 Å². The van der Waals surface area contributed by atoms with Crippen LogP contribution in [0.5, 0.6) is 0 Å². The van der Waals surface area contributed by atoms with Crippen LogP contribution in [-0.4, -0.2) is 23.9 Å². The molecule has 21 heavy (non-hydrogen) atoms. The number of nitrogens with zero attached hydrogens (tertiary/aromatic N) is 1. The fourth-order valence-electron chi connectivity index (χ4n) is 3.10. The Morgan fingerprint density at radius 2 is 2.00 bits per heavy atom. The van der Waals surface area contributed by atoms with E-state index in [-0.39, 0.29) is 29.9 Å². The van der Waals surface area contributed by atoms with E-state index < -0.39 is 11.6 Å². The summed E-state index contributed by atoms with van der Waals surface area (Å²) < 4.78 is 27.5. The number of rotatable bonds is 5. The lowest BCUT2D eigenvalue weighted by molar-refractivity contribution is -0.137. The summed E-state index contributed by atoms with van der Waals surface area (Å²) in [5.74, 6) is -1.17. The van der Waals surface area contributed by atoms with Gasteiger partial charge in [0.25, 0.3) is 0 Å². The Balaban J connectivity index is 2.14. The summed E-state index contributed by atoms with van der Waals surface area (Å²) in [6, 6.07) is 3.76. The van der Waals surface area contributed by atoms with Crippen LogP contribution in [0.2, 0.25) is 0 Å². The molecule has 2 rings (SSSR count). The van der Waals surface area contributed by atoms with Crippen LogP contribution < -0.4 is 5.73 Å². The minimum Gasteiger partial charge on any atom is -0.338 e. The summed E-state index contributed by atoms with van der Waals surface area (Å²) in [6.45, 7) is 2.72. The highest BCUT2D eigenvalue weighted by Crippen LogP contribution is 2.32. The Morgan fingerprint density at radius 1 is 1.33 bits per heavy atom. The number of nitrogens with two attached hydrogens (primary N) is 1. The van der Waals surface area contributed by atoms with Crippen molar-refractivity contribution in [3.8, 4) is 0 Å². The average Bonchev–Trinajstić information content (AvgIpc) is 2.95. The maximum atomic E-state index is 13.7. The van der Waals surface area contributed by atoms with Crippen molar-refractivity contribution in [2.45, 2.75) is 32.7 Å². The van der Waals surface area contributed by atoms with E-state index in [1.165, 1.54) is 23.1 Å². The van der Waals surface area contributed by atoms with Crippen LogP contribution in [0, 0.1) is 23.5 Å². The van der Waals surface area contributed by atoms with Crippen molar-refractivity contribution >= 4 is 5.91 Å². The molecule has 5 heteroatoms. The molecule has 1 aromatic rings. The molecular formula is C16H22F2N2O. The van der Waals surface area contributed by atoms with Crippen LogP contribution in [0.15, 0.2) is 18.2 Å². The largest absolute Gasteiger partial charge is 0.338 e. The van der Waals surface area contributed by atoms with Gasteiger partial charge in [0, 0.05) is 18.0 Å². The molecule has 0 spiro atoms. The molecule has 1 fully saturated rings. The van der Waals surface area contributed by atoms with E-state index >= 15 is 0 Å². The fraction of sp³-hybridized carbons (Fsp3) is 0.562. The van der Waals surface area contributed by atoms with Crippen molar-refractivity contribution in [3.63, 3.8) is 0 Å². The Kier molecular flexibility index (Phi) is 5.28. The molecule has 2 N–H and O–H groups in total. The van der Waals surface area contributed by atoms with Gasteiger partial charge in [-0.3, -0.25) is 4.79 Å². The highest BCUT2D eigenvalue weighted by Gasteiger charge is 2.34. The van der Waals surface area contributed by atoms with Crippen molar-refractivity contribution in [3.05, 3.63) is 35.4 Å². The second-order valence-corrected chi connectivity index (χ2v) is 5.59. The first-order valence-corrected chi connectivity index (χ1v) is 7.50. The lowest BCUT2D eigenvalue weighted by atomic mass is 9.94. The van der Waals surface area contributed by atoms with Gasteiger partial charge in [-0.1, -0.05) is 12.5 Å². The van der Waals surface area contributed by atoms with Gasteiger partial charge in [-0.05, 0) is 44.4 Å². The van der Waals surface area contributed by atoms with E-state index in [0.29, 0.717) is 13.1 Å². The highest BCUT2D eigenvalue weighted by atomic mass is 19.1. The van der Waals surface area contributed by atoms with Crippen LogP contribution in [0.25, 0.3) is 0 Å². The number of carbonyl (C=O) groups is 1. The third-order valence-corrected chi connectivity index (χ3v) is 4.38. The lowest BCUT2D eigenvalue weighted by Gasteiger charge is -2.27. The summed E-state index contributed by atoms with van der Waals surface area (Å²) >= 11 is 0. The first-order valence-electron chi connectivity index (χ1n) is 7.50. The minimum atomic E-state index is -0.608. The van der Waals surface area contributed by atoms with Gasteiger partial charge in [0.05, 0.1) is 6.54 Å². The van der Waals surface area contributed by atoms with Crippen LogP contribution >= 0.6 is 0 Å². The topological polar surface area (TPSA) is 46.3 Å². The van der Waals surface area contributed by atoms with Gasteiger partial charge in [0.2, 0.25) is 5.91 Å². The number of amides is 1. The number of halogens is 2. The Labute approximate surface area is 124 Å². The zero-order valence-corrected chi connectivity index (χ0v) is 12.3. The van der Waals surface area contributed by atoms with Gasteiger partial charge < -0.3 is 10.6 Å². The Morgan fingerprint density at radius 3 is 2.57 bits per heavy atom.